The summed E-state index contributed by atoms with van der Waals surface area (Å²) in [5.41, 5.74) is 2.24. The van der Waals surface area contributed by atoms with Crippen LogP contribution in [0, 0.1) is 0 Å². The molecule has 0 aromatic carbocycles. The van der Waals surface area contributed by atoms with E-state index in [0.29, 0.717) is 0 Å². The van der Waals surface area contributed by atoms with Crippen LogP contribution in [-0.2, 0) is 12.8 Å². The van der Waals surface area contributed by atoms with E-state index in [2.05, 4.69) is 10.6 Å². The summed E-state index contributed by atoms with van der Waals surface area (Å²) in [4.78, 5) is 13.4. The van der Waals surface area contributed by atoms with Gasteiger partial charge >= 0.3 is 0 Å². The standard InChI is InChI=1S/C13H20N2OS/c1-14-7-4-8-15-13(16)11-9-17-12-6-3-2-5-10(11)12/h9,14H,2-8H2,1H3,(H,15,16). The van der Waals surface area contributed by atoms with E-state index in [1.165, 1.54) is 23.3 Å². The Kier molecular flexibility index (Phi) is 4.57. The van der Waals surface area contributed by atoms with Crippen LogP contribution in [0.25, 0.3) is 0 Å². The van der Waals surface area contributed by atoms with Crippen molar-refractivity contribution >= 4 is 17.2 Å². The van der Waals surface area contributed by atoms with Gasteiger partial charge < -0.3 is 10.6 Å². The van der Waals surface area contributed by atoms with Crippen LogP contribution < -0.4 is 10.6 Å². The second-order valence-corrected chi connectivity index (χ2v) is 5.44. The third kappa shape index (κ3) is 3.07. The Morgan fingerprint density at radius 2 is 2.18 bits per heavy atom. The van der Waals surface area contributed by atoms with Gasteiger partial charge in [0.25, 0.3) is 5.91 Å². The third-order valence-electron chi connectivity index (χ3n) is 3.20. The van der Waals surface area contributed by atoms with E-state index in [1.54, 1.807) is 11.3 Å². The lowest BCUT2D eigenvalue weighted by Crippen LogP contribution is -2.27. The van der Waals surface area contributed by atoms with Gasteiger partial charge in [0.1, 0.15) is 0 Å². The van der Waals surface area contributed by atoms with Gasteiger partial charge in [0.2, 0.25) is 0 Å². The first-order chi connectivity index (χ1) is 8.33. The molecule has 0 unspecified atom stereocenters. The van der Waals surface area contributed by atoms with E-state index >= 15 is 0 Å². The summed E-state index contributed by atoms with van der Waals surface area (Å²) in [6, 6.07) is 0. The normalized spacial score (nSPS) is 14.4. The first kappa shape index (κ1) is 12.6. The number of aryl methyl sites for hydroxylation is 1. The van der Waals surface area contributed by atoms with E-state index in [1.807, 2.05) is 12.4 Å². The van der Waals surface area contributed by atoms with Gasteiger partial charge in [0.15, 0.2) is 0 Å². The van der Waals surface area contributed by atoms with Crippen molar-refractivity contribution in [1.82, 2.24) is 10.6 Å². The minimum atomic E-state index is 0.112. The van der Waals surface area contributed by atoms with Crippen LogP contribution in [0.15, 0.2) is 5.38 Å². The maximum atomic E-state index is 12.0. The first-order valence-corrected chi connectivity index (χ1v) is 7.23. The lowest BCUT2D eigenvalue weighted by atomic mass is 9.96. The van der Waals surface area contributed by atoms with Crippen LogP contribution in [0.4, 0.5) is 0 Å². The average Bonchev–Trinajstić information content (AvgIpc) is 2.78. The fraction of sp³-hybridized carbons (Fsp3) is 0.615. The molecule has 0 fully saturated rings. The molecule has 1 aromatic rings. The number of fused-ring (bicyclic) bond motifs is 1. The third-order valence-corrected chi connectivity index (χ3v) is 4.28. The highest BCUT2D eigenvalue weighted by atomic mass is 32.1. The molecule has 0 spiro atoms. The fourth-order valence-corrected chi connectivity index (χ4v) is 3.37. The minimum Gasteiger partial charge on any atom is -0.352 e. The van der Waals surface area contributed by atoms with Crippen LogP contribution >= 0.6 is 11.3 Å². The lowest BCUT2D eigenvalue weighted by Gasteiger charge is -2.12. The van der Waals surface area contributed by atoms with Gasteiger partial charge in [0.05, 0.1) is 5.56 Å². The summed E-state index contributed by atoms with van der Waals surface area (Å²) in [6.07, 6.45) is 5.72. The number of amides is 1. The summed E-state index contributed by atoms with van der Waals surface area (Å²) in [7, 11) is 1.93. The van der Waals surface area contributed by atoms with E-state index in [-0.39, 0.29) is 5.91 Å². The van der Waals surface area contributed by atoms with Crippen molar-refractivity contribution in [2.24, 2.45) is 0 Å². The average molecular weight is 252 g/mol. The van der Waals surface area contributed by atoms with Gasteiger partial charge in [-0.2, -0.15) is 0 Å². The summed E-state index contributed by atoms with van der Waals surface area (Å²) >= 11 is 1.75. The molecule has 0 radical (unpaired) electrons. The molecule has 2 rings (SSSR count). The number of nitrogens with one attached hydrogen (secondary N) is 2. The van der Waals surface area contributed by atoms with Gasteiger partial charge in [-0.25, -0.2) is 0 Å². The molecule has 1 amide bonds. The van der Waals surface area contributed by atoms with E-state index in [0.717, 1.165) is 37.9 Å². The molecule has 3 nitrogen and oxygen atoms in total. The van der Waals surface area contributed by atoms with Crippen molar-refractivity contribution in [2.75, 3.05) is 20.1 Å². The molecule has 0 saturated heterocycles. The number of carbonyl (C=O) groups excluding carboxylic acids is 1. The molecule has 1 aliphatic rings. The predicted molar refractivity (Wildman–Crippen MR) is 71.8 cm³/mol. The molecule has 2 N–H and O–H groups in total. The number of carbonyl (C=O) groups is 1. The van der Waals surface area contributed by atoms with Gasteiger partial charge in [-0.05, 0) is 51.3 Å². The highest BCUT2D eigenvalue weighted by Crippen LogP contribution is 2.29. The predicted octanol–water partition coefficient (Wildman–Crippen LogP) is 1.97. The topological polar surface area (TPSA) is 41.1 Å². The van der Waals surface area contributed by atoms with Gasteiger partial charge in [-0.3, -0.25) is 4.79 Å². The first-order valence-electron chi connectivity index (χ1n) is 6.35. The Morgan fingerprint density at radius 1 is 1.35 bits per heavy atom. The van der Waals surface area contributed by atoms with Crippen molar-refractivity contribution in [2.45, 2.75) is 32.1 Å². The second kappa shape index (κ2) is 6.17. The highest BCUT2D eigenvalue weighted by Gasteiger charge is 2.19. The summed E-state index contributed by atoms with van der Waals surface area (Å²) < 4.78 is 0. The Balaban J connectivity index is 1.92. The maximum Gasteiger partial charge on any atom is 0.252 e. The zero-order valence-electron chi connectivity index (χ0n) is 10.3. The molecule has 94 valence electrons. The van der Waals surface area contributed by atoms with E-state index in [4.69, 9.17) is 0 Å². The number of thiophene rings is 1. The second-order valence-electron chi connectivity index (χ2n) is 4.47. The number of rotatable bonds is 5. The van der Waals surface area contributed by atoms with Crippen molar-refractivity contribution < 1.29 is 4.79 Å². The Labute approximate surface area is 107 Å². The fourth-order valence-electron chi connectivity index (χ4n) is 2.25. The van der Waals surface area contributed by atoms with Crippen molar-refractivity contribution in [3.63, 3.8) is 0 Å². The quantitative estimate of drug-likeness (QED) is 0.787. The molecule has 1 heterocycles. The molecule has 17 heavy (non-hydrogen) atoms. The smallest absolute Gasteiger partial charge is 0.252 e. The monoisotopic (exact) mass is 252 g/mol. The van der Waals surface area contributed by atoms with Crippen molar-refractivity contribution in [1.29, 1.82) is 0 Å². The molecule has 0 atom stereocenters. The van der Waals surface area contributed by atoms with Crippen LogP contribution in [0.3, 0.4) is 0 Å². The molecule has 4 heteroatoms. The zero-order valence-corrected chi connectivity index (χ0v) is 11.2. The Morgan fingerprint density at radius 3 is 3.00 bits per heavy atom. The Bertz CT molecular complexity index is 387. The van der Waals surface area contributed by atoms with E-state index in [9.17, 15) is 4.79 Å². The summed E-state index contributed by atoms with van der Waals surface area (Å²) in [6.45, 7) is 1.70. The summed E-state index contributed by atoms with van der Waals surface area (Å²) in [5, 5.41) is 8.11. The van der Waals surface area contributed by atoms with E-state index < -0.39 is 0 Å². The van der Waals surface area contributed by atoms with Crippen LogP contribution in [0.1, 0.15) is 40.1 Å². The molecular formula is C13H20N2OS. The Hall–Kier alpha value is -0.870. The number of hydrogen-bond donors (Lipinski definition) is 2. The molecule has 0 saturated carbocycles. The minimum absolute atomic E-state index is 0.112. The molecular weight excluding hydrogens is 232 g/mol. The molecule has 1 aromatic heterocycles. The van der Waals surface area contributed by atoms with Crippen LogP contribution in [0.2, 0.25) is 0 Å². The van der Waals surface area contributed by atoms with Crippen LogP contribution in [0.5, 0.6) is 0 Å². The highest BCUT2D eigenvalue weighted by molar-refractivity contribution is 7.10. The van der Waals surface area contributed by atoms with Crippen molar-refractivity contribution in [3.8, 4) is 0 Å². The summed E-state index contributed by atoms with van der Waals surface area (Å²) in [5.74, 6) is 0.112. The zero-order chi connectivity index (χ0) is 12.1. The van der Waals surface area contributed by atoms with Gasteiger partial charge in [0, 0.05) is 16.8 Å². The van der Waals surface area contributed by atoms with Gasteiger partial charge in [-0.15, -0.1) is 11.3 Å². The maximum absolute atomic E-state index is 12.0. The molecule has 0 aliphatic heterocycles. The number of hydrogen-bond acceptors (Lipinski definition) is 3. The van der Waals surface area contributed by atoms with Gasteiger partial charge in [-0.1, -0.05) is 0 Å². The largest absolute Gasteiger partial charge is 0.352 e. The molecule has 1 aliphatic carbocycles. The lowest BCUT2D eigenvalue weighted by molar-refractivity contribution is 0.0952. The SMILES string of the molecule is CNCCCNC(=O)c1csc2c1CCCC2. The van der Waals surface area contributed by atoms with Crippen molar-refractivity contribution in [3.05, 3.63) is 21.4 Å². The molecule has 0 bridgehead atoms. The van der Waals surface area contributed by atoms with Crippen LogP contribution in [-0.4, -0.2) is 26.0 Å².